The van der Waals surface area contributed by atoms with Crippen molar-refractivity contribution in [3.63, 3.8) is 0 Å². The first-order valence-electron chi connectivity index (χ1n) is 6.90. The summed E-state index contributed by atoms with van der Waals surface area (Å²) in [6.45, 7) is 4.03. The minimum absolute atomic E-state index is 0.161. The van der Waals surface area contributed by atoms with Crippen LogP contribution in [0.1, 0.15) is 10.5 Å². The van der Waals surface area contributed by atoms with Crippen molar-refractivity contribution in [1.82, 2.24) is 9.47 Å². The summed E-state index contributed by atoms with van der Waals surface area (Å²) >= 11 is 5.45. The fourth-order valence-corrected chi connectivity index (χ4v) is 3.17. The summed E-state index contributed by atoms with van der Waals surface area (Å²) in [4.78, 5) is 14.0. The first-order valence-corrected chi connectivity index (χ1v) is 7.31. The van der Waals surface area contributed by atoms with Gasteiger partial charge in [-0.25, -0.2) is 0 Å². The fraction of sp³-hybridized carbons (Fsp3) is 0.250. The quantitative estimate of drug-likeness (QED) is 0.622. The number of carbonyl (C=O) groups excluding carboxylic acids is 1. The number of ether oxygens (including phenoxy) is 3. The number of benzene rings is 1. The minimum atomic E-state index is -0.161. The SMILES string of the molecule is C=CCN1C(=O)c2cc3c(OC)c(OC)c(OC)cc3n2C1=S. The molecule has 0 fully saturated rings. The molecule has 1 aliphatic heterocycles. The molecule has 0 spiro atoms. The Labute approximate surface area is 138 Å². The van der Waals surface area contributed by atoms with Crippen LogP contribution < -0.4 is 14.2 Å². The van der Waals surface area contributed by atoms with Crippen LogP contribution in [-0.4, -0.2) is 48.4 Å². The Balaban J connectivity index is 2.32. The van der Waals surface area contributed by atoms with Crippen molar-refractivity contribution in [2.24, 2.45) is 0 Å². The topological polar surface area (TPSA) is 52.9 Å². The zero-order chi connectivity index (χ0) is 16.7. The average Bonchev–Trinajstić information content (AvgIpc) is 3.04. The molecule has 0 saturated heterocycles. The van der Waals surface area contributed by atoms with Gasteiger partial charge in [-0.15, -0.1) is 6.58 Å². The molecule has 0 radical (unpaired) electrons. The standard InChI is InChI=1S/C16H16N2O4S/c1-5-6-17-15(19)11-7-9-10(18(11)16(17)23)8-12(20-2)14(22-4)13(9)21-3/h5,7-8H,1,6H2,2-4H3. The third-order valence-electron chi connectivity index (χ3n) is 3.81. The summed E-state index contributed by atoms with van der Waals surface area (Å²) < 4.78 is 18.0. The van der Waals surface area contributed by atoms with Gasteiger partial charge >= 0.3 is 0 Å². The van der Waals surface area contributed by atoms with Crippen LogP contribution in [0, 0.1) is 0 Å². The van der Waals surface area contributed by atoms with E-state index in [1.165, 1.54) is 12.0 Å². The van der Waals surface area contributed by atoms with Gasteiger partial charge in [0.15, 0.2) is 16.6 Å². The lowest BCUT2D eigenvalue weighted by Gasteiger charge is -2.16. The van der Waals surface area contributed by atoms with Gasteiger partial charge in [-0.1, -0.05) is 6.08 Å². The molecular weight excluding hydrogens is 316 g/mol. The van der Waals surface area contributed by atoms with Crippen molar-refractivity contribution in [3.8, 4) is 17.2 Å². The van der Waals surface area contributed by atoms with Crippen LogP contribution >= 0.6 is 12.2 Å². The van der Waals surface area contributed by atoms with Gasteiger partial charge in [-0.2, -0.15) is 0 Å². The summed E-state index contributed by atoms with van der Waals surface area (Å²) in [7, 11) is 4.63. The third-order valence-corrected chi connectivity index (χ3v) is 4.21. The van der Waals surface area contributed by atoms with E-state index in [0.29, 0.717) is 34.6 Å². The molecule has 1 aromatic heterocycles. The van der Waals surface area contributed by atoms with E-state index >= 15 is 0 Å². The number of amides is 1. The molecule has 7 heteroatoms. The molecule has 1 aromatic carbocycles. The van der Waals surface area contributed by atoms with Crippen LogP contribution in [0.4, 0.5) is 0 Å². The highest BCUT2D eigenvalue weighted by Gasteiger charge is 2.35. The van der Waals surface area contributed by atoms with E-state index in [1.54, 1.807) is 37.0 Å². The molecule has 2 heterocycles. The van der Waals surface area contributed by atoms with Gasteiger partial charge in [0.25, 0.3) is 5.91 Å². The largest absolute Gasteiger partial charge is 0.493 e. The molecule has 0 N–H and O–H groups in total. The van der Waals surface area contributed by atoms with Crippen LogP contribution in [0.15, 0.2) is 24.8 Å². The van der Waals surface area contributed by atoms with E-state index in [9.17, 15) is 4.79 Å². The first-order chi connectivity index (χ1) is 11.1. The maximum Gasteiger partial charge on any atom is 0.277 e. The van der Waals surface area contributed by atoms with E-state index in [4.69, 9.17) is 26.4 Å². The normalized spacial score (nSPS) is 13.4. The van der Waals surface area contributed by atoms with E-state index in [1.807, 2.05) is 0 Å². The number of carbonyl (C=O) groups is 1. The Hall–Kier alpha value is -2.54. The molecule has 0 aliphatic carbocycles. The molecule has 1 amide bonds. The first kappa shape index (κ1) is 15.4. The summed E-state index contributed by atoms with van der Waals surface area (Å²) in [6.07, 6.45) is 1.64. The highest BCUT2D eigenvalue weighted by molar-refractivity contribution is 7.80. The zero-order valence-corrected chi connectivity index (χ0v) is 13.9. The van der Waals surface area contributed by atoms with Crippen molar-refractivity contribution in [1.29, 1.82) is 0 Å². The van der Waals surface area contributed by atoms with E-state index < -0.39 is 0 Å². The van der Waals surface area contributed by atoms with Crippen LogP contribution in [0.5, 0.6) is 17.2 Å². The molecule has 120 valence electrons. The van der Waals surface area contributed by atoms with Crippen molar-refractivity contribution in [2.75, 3.05) is 27.9 Å². The molecule has 3 rings (SSSR count). The van der Waals surface area contributed by atoms with Crippen molar-refractivity contribution >= 4 is 34.1 Å². The van der Waals surface area contributed by atoms with Crippen molar-refractivity contribution in [2.45, 2.75) is 0 Å². The van der Waals surface area contributed by atoms with Crippen LogP contribution in [0.2, 0.25) is 0 Å². The Morgan fingerprint density at radius 1 is 1.17 bits per heavy atom. The van der Waals surface area contributed by atoms with Crippen LogP contribution in [0.3, 0.4) is 0 Å². The summed E-state index contributed by atoms with van der Waals surface area (Å²) in [5, 5.41) is 1.16. The lowest BCUT2D eigenvalue weighted by molar-refractivity contribution is 0.0872. The lowest BCUT2D eigenvalue weighted by Crippen LogP contribution is -2.30. The predicted molar refractivity (Wildman–Crippen MR) is 90.8 cm³/mol. The van der Waals surface area contributed by atoms with Gasteiger partial charge in [-0.05, 0) is 18.3 Å². The Morgan fingerprint density at radius 2 is 1.87 bits per heavy atom. The van der Waals surface area contributed by atoms with Crippen LogP contribution in [-0.2, 0) is 0 Å². The number of nitrogens with zero attached hydrogens (tertiary/aromatic N) is 2. The molecule has 6 nitrogen and oxygen atoms in total. The second-order valence-corrected chi connectivity index (χ2v) is 5.30. The zero-order valence-electron chi connectivity index (χ0n) is 13.1. The number of hydrogen-bond acceptors (Lipinski definition) is 5. The molecular formula is C16H16N2O4S. The minimum Gasteiger partial charge on any atom is -0.493 e. The van der Waals surface area contributed by atoms with Crippen molar-refractivity contribution in [3.05, 3.63) is 30.5 Å². The number of aromatic nitrogens is 1. The molecule has 0 atom stereocenters. The second-order valence-electron chi connectivity index (χ2n) is 4.93. The Bertz CT molecular complexity index is 840. The monoisotopic (exact) mass is 332 g/mol. The van der Waals surface area contributed by atoms with Gasteiger partial charge < -0.3 is 14.2 Å². The summed E-state index contributed by atoms with van der Waals surface area (Å²) in [5.41, 5.74) is 1.22. The average molecular weight is 332 g/mol. The van der Waals surface area contributed by atoms with Gasteiger partial charge in [-0.3, -0.25) is 14.3 Å². The number of methoxy groups -OCH3 is 3. The fourth-order valence-electron chi connectivity index (χ4n) is 2.82. The number of fused-ring (bicyclic) bond motifs is 3. The van der Waals surface area contributed by atoms with Crippen molar-refractivity contribution < 1.29 is 19.0 Å². The third kappa shape index (κ3) is 2.00. The maximum atomic E-state index is 12.5. The Morgan fingerprint density at radius 3 is 2.43 bits per heavy atom. The summed E-state index contributed by atoms with van der Waals surface area (Å²) in [5.74, 6) is 1.34. The van der Waals surface area contributed by atoms with Gasteiger partial charge in [0.05, 0.1) is 26.8 Å². The smallest absolute Gasteiger partial charge is 0.277 e. The van der Waals surface area contributed by atoms with E-state index in [0.717, 1.165) is 10.9 Å². The number of thiocarbonyl (C=S) groups is 1. The molecule has 0 unspecified atom stereocenters. The van der Waals surface area contributed by atoms with Crippen LogP contribution in [0.25, 0.3) is 10.9 Å². The molecule has 0 saturated carbocycles. The van der Waals surface area contributed by atoms with Gasteiger partial charge in [0, 0.05) is 18.0 Å². The number of hydrogen-bond donors (Lipinski definition) is 0. The number of rotatable bonds is 5. The van der Waals surface area contributed by atoms with E-state index in [-0.39, 0.29) is 5.91 Å². The molecule has 2 aromatic rings. The van der Waals surface area contributed by atoms with E-state index in [2.05, 4.69) is 6.58 Å². The molecule has 23 heavy (non-hydrogen) atoms. The summed E-state index contributed by atoms with van der Waals surface area (Å²) in [6, 6.07) is 3.55. The highest BCUT2D eigenvalue weighted by Crippen LogP contribution is 2.45. The lowest BCUT2D eigenvalue weighted by atomic mass is 10.2. The van der Waals surface area contributed by atoms with Gasteiger partial charge in [0.1, 0.15) is 5.69 Å². The molecule has 0 bridgehead atoms. The predicted octanol–water partition coefficient (Wildman–Crippen LogP) is 2.44. The van der Waals surface area contributed by atoms with Gasteiger partial charge in [0.2, 0.25) is 5.75 Å². The molecule has 1 aliphatic rings. The highest BCUT2D eigenvalue weighted by atomic mass is 32.1. The maximum absolute atomic E-state index is 12.5. The Kier molecular flexibility index (Phi) is 3.73. The second kappa shape index (κ2) is 5.58.